The van der Waals surface area contributed by atoms with E-state index >= 15 is 0 Å². The fourth-order valence-corrected chi connectivity index (χ4v) is 5.30. The zero-order valence-electron chi connectivity index (χ0n) is 23.8. The largest absolute Gasteiger partial charge is 0.507 e. The van der Waals surface area contributed by atoms with Crippen LogP contribution in [0.15, 0.2) is 57.9 Å². The van der Waals surface area contributed by atoms with Crippen LogP contribution in [-0.4, -0.2) is 69.6 Å². The molecule has 13 nitrogen and oxygen atoms in total. The number of nitrogens with zero attached hydrogens (tertiary/aromatic N) is 1. The van der Waals surface area contributed by atoms with Gasteiger partial charge in [0.05, 0.1) is 22.2 Å². The fraction of sp³-hybridized carbons (Fsp3) is 0.333. The van der Waals surface area contributed by atoms with Crippen molar-refractivity contribution in [3.63, 3.8) is 0 Å². The van der Waals surface area contributed by atoms with Gasteiger partial charge in [-0.1, -0.05) is 18.2 Å². The summed E-state index contributed by atoms with van der Waals surface area (Å²) in [5, 5.41) is 28.9. The highest BCUT2D eigenvalue weighted by Gasteiger charge is 2.53. The Hall–Kier alpha value is -4.72. The first-order valence-corrected chi connectivity index (χ1v) is 13.3. The second kappa shape index (κ2) is 11.5. The molecule has 2 aromatic heterocycles. The number of nitrogens with one attached hydrogen (secondary N) is 1. The molecule has 0 radical (unpaired) electrons. The van der Waals surface area contributed by atoms with Gasteiger partial charge < -0.3 is 39.3 Å². The number of aromatic hydroxyl groups is 1. The molecular weight excluding hydrogens is 562 g/mol. The van der Waals surface area contributed by atoms with Crippen molar-refractivity contribution in [1.82, 2.24) is 10.2 Å². The first-order valence-electron chi connectivity index (χ1n) is 13.3. The number of primary amides is 1. The van der Waals surface area contributed by atoms with Gasteiger partial charge in [0.2, 0.25) is 6.29 Å². The number of amides is 1. The number of hydrogen-bond acceptors (Lipinski definition) is 11. The molecule has 5 rings (SSSR count). The van der Waals surface area contributed by atoms with Crippen molar-refractivity contribution in [2.24, 2.45) is 5.73 Å². The number of hydrogen-bond donors (Lipinski definition) is 4. The van der Waals surface area contributed by atoms with Crippen LogP contribution < -0.4 is 16.1 Å². The lowest BCUT2D eigenvalue weighted by molar-refractivity contribution is -0.304. The van der Waals surface area contributed by atoms with Crippen LogP contribution in [0.25, 0.3) is 22.2 Å². The minimum absolute atomic E-state index is 0.0155. The summed E-state index contributed by atoms with van der Waals surface area (Å²) in [7, 11) is 1.38. The van der Waals surface area contributed by atoms with Crippen molar-refractivity contribution in [2.75, 3.05) is 7.11 Å². The molecule has 3 heterocycles. The van der Waals surface area contributed by atoms with Crippen molar-refractivity contribution in [3.05, 3.63) is 75.8 Å². The molecule has 1 aliphatic rings. The first-order chi connectivity index (χ1) is 20.4. The fourth-order valence-electron chi connectivity index (χ4n) is 5.30. The number of aliphatic hydroxyl groups is 1. The van der Waals surface area contributed by atoms with Crippen LogP contribution in [0.5, 0.6) is 11.5 Å². The van der Waals surface area contributed by atoms with E-state index in [0.717, 1.165) is 11.3 Å². The van der Waals surface area contributed by atoms with E-state index in [9.17, 15) is 24.6 Å². The second-order valence-electron chi connectivity index (χ2n) is 10.7. The summed E-state index contributed by atoms with van der Waals surface area (Å²) in [5.41, 5.74) is 5.17. The van der Waals surface area contributed by atoms with Gasteiger partial charge in [0.15, 0.2) is 18.0 Å². The van der Waals surface area contributed by atoms with Gasteiger partial charge in [-0.3, -0.25) is 9.89 Å². The van der Waals surface area contributed by atoms with Crippen molar-refractivity contribution in [3.8, 4) is 22.8 Å². The molecule has 226 valence electrons. The third kappa shape index (κ3) is 5.69. The zero-order valence-corrected chi connectivity index (χ0v) is 23.8. The molecule has 1 aliphatic heterocycles. The number of carbonyl (C=O) groups excluding carboxylic acids is 2. The zero-order chi connectivity index (χ0) is 31.1. The van der Waals surface area contributed by atoms with E-state index in [2.05, 4.69) is 10.2 Å². The van der Waals surface area contributed by atoms with Crippen LogP contribution in [0.2, 0.25) is 0 Å². The monoisotopic (exact) mass is 593 g/mol. The number of carbonyl (C=O) groups is 2. The molecule has 4 atom stereocenters. The number of methoxy groups -OCH3 is 1. The number of benzene rings is 2. The molecule has 13 heteroatoms. The standard InChI is InChI=1S/C30H31N3O10/c1-14-21(40-28-23(36)25(42-29(31)38)26(39-4)30(2,3)43-28)9-8-17-22(35)18(27(37)41-24(14)17)13-20(34)16-7-5-6-15(12-16)19-10-11-32-33-19/h5-12,23,25-26,28,35-36H,13H2,1-4H3,(H2,31,38)(H,32,33)/t23-,25+,26-,28-/m1/s1. The van der Waals surface area contributed by atoms with Gasteiger partial charge in [0.25, 0.3) is 0 Å². The Morgan fingerprint density at radius 2 is 1.95 bits per heavy atom. The Morgan fingerprint density at radius 1 is 1.19 bits per heavy atom. The number of rotatable bonds is 8. The van der Waals surface area contributed by atoms with Crippen LogP contribution in [0.1, 0.15) is 35.3 Å². The topological polar surface area (TPSA) is 196 Å². The number of nitrogens with two attached hydrogens (primary N) is 1. The summed E-state index contributed by atoms with van der Waals surface area (Å²) in [6.07, 6.45) is -4.82. The van der Waals surface area contributed by atoms with Crippen molar-refractivity contribution >= 4 is 22.8 Å². The minimum Gasteiger partial charge on any atom is -0.507 e. The highest BCUT2D eigenvalue weighted by Crippen LogP contribution is 2.38. The third-order valence-corrected chi connectivity index (χ3v) is 7.44. The number of aliphatic hydroxyl groups excluding tert-OH is 1. The van der Waals surface area contributed by atoms with Gasteiger partial charge in [-0.25, -0.2) is 9.59 Å². The number of aryl methyl sites for hydroxylation is 1. The maximum atomic E-state index is 13.1. The summed E-state index contributed by atoms with van der Waals surface area (Å²) in [6, 6.07) is 11.5. The number of Topliss-reactive ketones (excluding diaryl/α,β-unsaturated/α-hetero) is 1. The molecule has 0 bridgehead atoms. The molecule has 0 unspecified atom stereocenters. The van der Waals surface area contributed by atoms with Crippen LogP contribution in [0, 0.1) is 6.92 Å². The highest BCUT2D eigenvalue weighted by atomic mass is 16.7. The summed E-state index contributed by atoms with van der Waals surface area (Å²) in [5.74, 6) is -0.636. The van der Waals surface area contributed by atoms with Crippen LogP contribution in [-0.2, 0) is 20.6 Å². The Morgan fingerprint density at radius 3 is 2.63 bits per heavy atom. The van der Waals surface area contributed by atoms with E-state index in [4.69, 9.17) is 29.1 Å². The smallest absolute Gasteiger partial charge is 0.404 e. The van der Waals surface area contributed by atoms with E-state index < -0.39 is 59.9 Å². The Bertz CT molecular complexity index is 1730. The highest BCUT2D eigenvalue weighted by molar-refractivity contribution is 5.99. The SMILES string of the molecule is CO[C@@H]1[C@@H](OC(N)=O)[C@@H](O)[C@H](Oc2ccc3c(O)c(CC(=O)c4cccc(-c5ccn[nH]5)c4)c(=O)oc3c2C)OC1(C)C. The molecule has 1 fully saturated rings. The van der Waals surface area contributed by atoms with Crippen molar-refractivity contribution in [2.45, 2.75) is 57.4 Å². The van der Waals surface area contributed by atoms with E-state index in [0.29, 0.717) is 11.1 Å². The molecule has 43 heavy (non-hydrogen) atoms. The predicted molar refractivity (Wildman–Crippen MR) is 152 cm³/mol. The number of ether oxygens (including phenoxy) is 4. The van der Waals surface area contributed by atoms with Crippen molar-refractivity contribution < 1.29 is 43.2 Å². The average Bonchev–Trinajstić information content (AvgIpc) is 3.50. The summed E-state index contributed by atoms with van der Waals surface area (Å²) in [4.78, 5) is 37.6. The van der Waals surface area contributed by atoms with Gasteiger partial charge >= 0.3 is 11.7 Å². The molecule has 4 aromatic rings. The molecule has 0 saturated carbocycles. The second-order valence-corrected chi connectivity index (χ2v) is 10.7. The third-order valence-electron chi connectivity index (χ3n) is 7.44. The van der Waals surface area contributed by atoms with Gasteiger partial charge in [-0.15, -0.1) is 0 Å². The first kappa shape index (κ1) is 29.8. The lowest BCUT2D eigenvalue weighted by Crippen LogP contribution is -2.65. The lowest BCUT2D eigenvalue weighted by atomic mass is 9.89. The number of ketones is 1. The average molecular weight is 594 g/mol. The Balaban J connectivity index is 1.42. The molecule has 0 spiro atoms. The summed E-state index contributed by atoms with van der Waals surface area (Å²) in [6.45, 7) is 4.92. The maximum absolute atomic E-state index is 13.1. The number of H-pyrrole nitrogens is 1. The summed E-state index contributed by atoms with van der Waals surface area (Å²) < 4.78 is 28.0. The number of aromatic nitrogens is 2. The quantitative estimate of drug-likeness (QED) is 0.173. The molecule has 1 amide bonds. The number of fused-ring (bicyclic) bond motifs is 1. The van der Waals surface area contributed by atoms with Crippen LogP contribution >= 0.6 is 0 Å². The van der Waals surface area contributed by atoms with E-state index in [1.807, 2.05) is 6.07 Å². The van der Waals surface area contributed by atoms with E-state index in [1.165, 1.54) is 19.2 Å². The number of aromatic amines is 1. The van der Waals surface area contributed by atoms with Gasteiger partial charge in [-0.05, 0) is 45.0 Å². The van der Waals surface area contributed by atoms with Gasteiger partial charge in [0.1, 0.15) is 23.2 Å². The molecule has 5 N–H and O–H groups in total. The summed E-state index contributed by atoms with van der Waals surface area (Å²) >= 11 is 0. The van der Waals surface area contributed by atoms with Gasteiger partial charge in [0, 0.05) is 36.4 Å². The van der Waals surface area contributed by atoms with Crippen molar-refractivity contribution in [1.29, 1.82) is 0 Å². The predicted octanol–water partition coefficient (Wildman–Crippen LogP) is 2.98. The minimum atomic E-state index is -1.50. The van der Waals surface area contributed by atoms with Crippen LogP contribution in [0.3, 0.4) is 0 Å². The Labute approximate surface area is 245 Å². The molecule has 2 aromatic carbocycles. The van der Waals surface area contributed by atoms with E-state index in [1.54, 1.807) is 51.2 Å². The Kier molecular flexibility index (Phi) is 7.97. The van der Waals surface area contributed by atoms with Crippen LogP contribution in [0.4, 0.5) is 4.79 Å². The van der Waals surface area contributed by atoms with E-state index in [-0.39, 0.29) is 22.3 Å². The molecular formula is C30H31N3O10. The van der Waals surface area contributed by atoms with Gasteiger partial charge in [-0.2, -0.15) is 5.10 Å². The lowest BCUT2D eigenvalue weighted by Gasteiger charge is -2.47. The maximum Gasteiger partial charge on any atom is 0.404 e. The normalized spacial score (nSPS) is 21.4. The molecule has 1 saturated heterocycles. The molecule has 0 aliphatic carbocycles.